The van der Waals surface area contributed by atoms with Crippen molar-refractivity contribution in [2.75, 3.05) is 13.1 Å². The minimum Gasteiger partial charge on any atom is -0.488 e. The molecule has 0 aliphatic carbocycles. The van der Waals surface area contributed by atoms with Crippen LogP contribution in [0.25, 0.3) is 0 Å². The Labute approximate surface area is 143 Å². The van der Waals surface area contributed by atoms with E-state index in [1.807, 2.05) is 49.4 Å². The van der Waals surface area contributed by atoms with Crippen LogP contribution in [0.2, 0.25) is 0 Å². The number of nitrogens with one attached hydrogen (secondary N) is 1. The molecule has 124 valence electrons. The lowest BCUT2D eigenvalue weighted by Crippen LogP contribution is -2.26. The van der Waals surface area contributed by atoms with Crippen molar-refractivity contribution in [2.24, 2.45) is 5.73 Å². The monoisotopic (exact) mass is 334 g/mol. The van der Waals surface area contributed by atoms with E-state index in [9.17, 15) is 4.79 Å². The van der Waals surface area contributed by atoms with Crippen molar-refractivity contribution in [3.05, 3.63) is 65.2 Å². The molecule has 0 saturated heterocycles. The molecule has 0 bridgehead atoms. The number of para-hydroxylation sites is 1. The van der Waals surface area contributed by atoms with Crippen LogP contribution in [0.15, 0.2) is 48.5 Å². The lowest BCUT2D eigenvalue weighted by Gasteiger charge is -2.12. The summed E-state index contributed by atoms with van der Waals surface area (Å²) in [6.45, 7) is 3.62. The standard InChI is InChI=1S/C18H22N2O2.ClH/c1-14-7-2-3-8-15(14)13-22-17-10-5-4-9-16(17)18(21)20-12-6-11-19;/h2-5,7-10H,6,11-13,19H2,1H3,(H,20,21);1H. The van der Waals surface area contributed by atoms with Gasteiger partial charge in [-0.3, -0.25) is 4.79 Å². The van der Waals surface area contributed by atoms with Crippen LogP contribution in [0, 0.1) is 6.92 Å². The Balaban J connectivity index is 0.00000264. The molecule has 0 atom stereocenters. The second-order valence-corrected chi connectivity index (χ2v) is 5.11. The third-order valence-electron chi connectivity index (χ3n) is 3.44. The van der Waals surface area contributed by atoms with E-state index in [4.69, 9.17) is 10.5 Å². The summed E-state index contributed by atoms with van der Waals surface area (Å²) >= 11 is 0. The summed E-state index contributed by atoms with van der Waals surface area (Å²) in [6.07, 6.45) is 0.762. The molecular weight excluding hydrogens is 312 g/mol. The van der Waals surface area contributed by atoms with Gasteiger partial charge in [0, 0.05) is 6.54 Å². The summed E-state index contributed by atoms with van der Waals surface area (Å²) in [4.78, 5) is 12.2. The quantitative estimate of drug-likeness (QED) is 0.765. The summed E-state index contributed by atoms with van der Waals surface area (Å²) in [5.41, 5.74) is 8.27. The SMILES string of the molecule is Cc1ccccc1COc1ccccc1C(=O)NCCCN.Cl. The smallest absolute Gasteiger partial charge is 0.255 e. The predicted molar refractivity (Wildman–Crippen MR) is 95.2 cm³/mol. The lowest BCUT2D eigenvalue weighted by atomic mass is 10.1. The third kappa shape index (κ3) is 5.58. The van der Waals surface area contributed by atoms with E-state index in [0.29, 0.717) is 31.0 Å². The van der Waals surface area contributed by atoms with Gasteiger partial charge in [0.2, 0.25) is 0 Å². The van der Waals surface area contributed by atoms with Crippen LogP contribution in [0.4, 0.5) is 0 Å². The second-order valence-electron chi connectivity index (χ2n) is 5.11. The van der Waals surface area contributed by atoms with E-state index in [1.165, 1.54) is 5.56 Å². The molecule has 0 spiro atoms. The van der Waals surface area contributed by atoms with Gasteiger partial charge in [0.1, 0.15) is 12.4 Å². The van der Waals surface area contributed by atoms with Gasteiger partial charge in [-0.05, 0) is 43.1 Å². The highest BCUT2D eigenvalue weighted by Crippen LogP contribution is 2.20. The van der Waals surface area contributed by atoms with Gasteiger partial charge in [-0.1, -0.05) is 36.4 Å². The third-order valence-corrected chi connectivity index (χ3v) is 3.44. The first-order valence-corrected chi connectivity index (χ1v) is 7.47. The number of carbonyl (C=O) groups is 1. The fourth-order valence-electron chi connectivity index (χ4n) is 2.11. The highest BCUT2D eigenvalue weighted by atomic mass is 35.5. The zero-order valence-electron chi connectivity index (χ0n) is 13.2. The van der Waals surface area contributed by atoms with E-state index in [0.717, 1.165) is 12.0 Å². The number of amides is 1. The van der Waals surface area contributed by atoms with Gasteiger partial charge in [-0.15, -0.1) is 12.4 Å². The second kappa shape index (κ2) is 9.87. The summed E-state index contributed by atoms with van der Waals surface area (Å²) in [7, 11) is 0. The highest BCUT2D eigenvalue weighted by Gasteiger charge is 2.11. The molecule has 0 aliphatic rings. The van der Waals surface area contributed by atoms with Crippen molar-refractivity contribution in [3.63, 3.8) is 0 Å². The Hall–Kier alpha value is -2.04. The Morgan fingerprint density at radius 3 is 2.57 bits per heavy atom. The molecule has 0 aromatic heterocycles. The lowest BCUT2D eigenvalue weighted by molar-refractivity contribution is 0.0949. The maximum atomic E-state index is 12.2. The molecule has 0 saturated carbocycles. The molecule has 2 aromatic rings. The van der Waals surface area contributed by atoms with Crippen molar-refractivity contribution in [2.45, 2.75) is 20.0 Å². The van der Waals surface area contributed by atoms with Gasteiger partial charge in [0.15, 0.2) is 0 Å². The van der Waals surface area contributed by atoms with Crippen LogP contribution in [0.3, 0.4) is 0 Å². The van der Waals surface area contributed by atoms with E-state index in [-0.39, 0.29) is 18.3 Å². The van der Waals surface area contributed by atoms with Gasteiger partial charge in [-0.2, -0.15) is 0 Å². The summed E-state index contributed by atoms with van der Waals surface area (Å²) in [5.74, 6) is 0.463. The van der Waals surface area contributed by atoms with Crippen LogP contribution in [0.1, 0.15) is 27.9 Å². The van der Waals surface area contributed by atoms with Crippen molar-refractivity contribution in [3.8, 4) is 5.75 Å². The number of benzene rings is 2. The average molecular weight is 335 g/mol. The fourth-order valence-corrected chi connectivity index (χ4v) is 2.11. The molecular formula is C18H23ClN2O2. The number of ether oxygens (including phenoxy) is 1. The van der Waals surface area contributed by atoms with Crippen LogP contribution in [-0.4, -0.2) is 19.0 Å². The first kappa shape index (κ1) is 19.0. The zero-order valence-corrected chi connectivity index (χ0v) is 14.1. The number of carbonyl (C=O) groups excluding carboxylic acids is 1. The molecule has 3 N–H and O–H groups in total. The van der Waals surface area contributed by atoms with Crippen molar-refractivity contribution < 1.29 is 9.53 Å². The van der Waals surface area contributed by atoms with E-state index < -0.39 is 0 Å². The molecule has 1 amide bonds. The summed E-state index contributed by atoms with van der Waals surface area (Å²) in [5, 5.41) is 2.85. The zero-order chi connectivity index (χ0) is 15.8. The average Bonchev–Trinajstić information content (AvgIpc) is 2.54. The largest absolute Gasteiger partial charge is 0.488 e. The number of halogens is 1. The van der Waals surface area contributed by atoms with Crippen LogP contribution in [0.5, 0.6) is 5.75 Å². The van der Waals surface area contributed by atoms with Gasteiger partial charge >= 0.3 is 0 Å². The van der Waals surface area contributed by atoms with Gasteiger partial charge in [0.25, 0.3) is 5.91 Å². The van der Waals surface area contributed by atoms with Crippen molar-refractivity contribution in [1.29, 1.82) is 0 Å². The molecule has 0 unspecified atom stereocenters. The van der Waals surface area contributed by atoms with Gasteiger partial charge in [-0.25, -0.2) is 0 Å². The number of aryl methyl sites for hydroxylation is 1. The van der Waals surface area contributed by atoms with E-state index in [1.54, 1.807) is 6.07 Å². The molecule has 4 nitrogen and oxygen atoms in total. The molecule has 23 heavy (non-hydrogen) atoms. The van der Waals surface area contributed by atoms with E-state index in [2.05, 4.69) is 5.32 Å². The molecule has 5 heteroatoms. The topological polar surface area (TPSA) is 64.3 Å². The first-order chi connectivity index (χ1) is 10.7. The molecule has 0 aliphatic heterocycles. The summed E-state index contributed by atoms with van der Waals surface area (Å²) in [6, 6.07) is 15.3. The Kier molecular flexibility index (Phi) is 8.16. The van der Waals surface area contributed by atoms with Gasteiger partial charge < -0.3 is 15.8 Å². The summed E-state index contributed by atoms with van der Waals surface area (Å²) < 4.78 is 5.85. The minimum atomic E-state index is -0.131. The first-order valence-electron chi connectivity index (χ1n) is 7.47. The minimum absolute atomic E-state index is 0. The van der Waals surface area contributed by atoms with E-state index >= 15 is 0 Å². The van der Waals surface area contributed by atoms with Crippen LogP contribution >= 0.6 is 12.4 Å². The van der Waals surface area contributed by atoms with Crippen LogP contribution < -0.4 is 15.8 Å². The predicted octanol–water partition coefficient (Wildman–Crippen LogP) is 3.07. The Morgan fingerprint density at radius 2 is 1.83 bits per heavy atom. The maximum absolute atomic E-state index is 12.2. The number of hydrogen-bond donors (Lipinski definition) is 2. The molecule has 0 fully saturated rings. The molecule has 2 aromatic carbocycles. The van der Waals surface area contributed by atoms with Gasteiger partial charge in [0.05, 0.1) is 5.56 Å². The van der Waals surface area contributed by atoms with Crippen molar-refractivity contribution >= 4 is 18.3 Å². The maximum Gasteiger partial charge on any atom is 0.255 e. The molecule has 2 rings (SSSR count). The molecule has 0 heterocycles. The number of rotatable bonds is 7. The Morgan fingerprint density at radius 1 is 1.13 bits per heavy atom. The Bertz CT molecular complexity index is 632. The fraction of sp³-hybridized carbons (Fsp3) is 0.278. The normalized spacial score (nSPS) is 9.83. The number of hydrogen-bond acceptors (Lipinski definition) is 3. The molecule has 0 radical (unpaired) electrons. The number of nitrogens with two attached hydrogens (primary N) is 1. The highest BCUT2D eigenvalue weighted by molar-refractivity contribution is 5.96. The van der Waals surface area contributed by atoms with Crippen molar-refractivity contribution in [1.82, 2.24) is 5.32 Å². The van der Waals surface area contributed by atoms with Crippen LogP contribution in [-0.2, 0) is 6.61 Å².